The van der Waals surface area contributed by atoms with Crippen LogP contribution >= 0.6 is 11.3 Å². The third-order valence-electron chi connectivity index (χ3n) is 2.53. The van der Waals surface area contributed by atoms with E-state index in [4.69, 9.17) is 5.14 Å². The zero-order valence-electron chi connectivity index (χ0n) is 9.60. The largest absolute Gasteiger partial charge is 0.238 e. The number of rotatable bonds is 2. The van der Waals surface area contributed by atoms with Crippen LogP contribution in [0.5, 0.6) is 0 Å². The summed E-state index contributed by atoms with van der Waals surface area (Å²) in [6, 6.07) is 8.75. The first kappa shape index (κ1) is 12.3. The highest BCUT2D eigenvalue weighted by Gasteiger charge is 2.09. The van der Waals surface area contributed by atoms with E-state index >= 15 is 0 Å². The Morgan fingerprint density at radius 1 is 1.12 bits per heavy atom. The Labute approximate surface area is 105 Å². The predicted octanol–water partition coefficient (Wildman–Crippen LogP) is 2.68. The lowest BCUT2D eigenvalue weighted by Crippen LogP contribution is -2.11. The standard InChI is InChI=1S/C12H13NO2S2/c1-8-7-12(9(2)16-8)10-3-5-11(6-4-10)17(13,14)15/h3-7H,1-2H3,(H2,13,14,15). The Morgan fingerprint density at radius 3 is 2.12 bits per heavy atom. The van der Waals surface area contributed by atoms with Gasteiger partial charge in [-0.15, -0.1) is 11.3 Å². The lowest BCUT2D eigenvalue weighted by molar-refractivity contribution is 0.598. The third-order valence-corrected chi connectivity index (χ3v) is 4.43. The first-order chi connectivity index (χ1) is 7.88. The number of thiophene rings is 1. The van der Waals surface area contributed by atoms with E-state index in [2.05, 4.69) is 19.9 Å². The van der Waals surface area contributed by atoms with Crippen molar-refractivity contribution in [2.75, 3.05) is 0 Å². The molecule has 2 N–H and O–H groups in total. The first-order valence-electron chi connectivity index (χ1n) is 5.08. The molecule has 17 heavy (non-hydrogen) atoms. The molecule has 0 atom stereocenters. The van der Waals surface area contributed by atoms with Crippen molar-refractivity contribution < 1.29 is 8.42 Å². The van der Waals surface area contributed by atoms with Gasteiger partial charge in [-0.25, -0.2) is 13.6 Å². The molecule has 2 rings (SSSR count). The molecule has 0 radical (unpaired) electrons. The summed E-state index contributed by atoms with van der Waals surface area (Å²) in [5, 5.41) is 5.05. The number of aryl methyl sites for hydroxylation is 2. The summed E-state index contributed by atoms with van der Waals surface area (Å²) in [5.74, 6) is 0. The summed E-state index contributed by atoms with van der Waals surface area (Å²) < 4.78 is 22.3. The highest BCUT2D eigenvalue weighted by Crippen LogP contribution is 2.30. The summed E-state index contributed by atoms with van der Waals surface area (Å²) in [6.45, 7) is 4.11. The number of sulfonamides is 1. The Morgan fingerprint density at radius 2 is 1.71 bits per heavy atom. The Bertz CT molecular complexity index is 640. The number of hydrogen-bond donors (Lipinski definition) is 1. The van der Waals surface area contributed by atoms with Crippen LogP contribution in [0.4, 0.5) is 0 Å². The molecule has 0 aliphatic heterocycles. The van der Waals surface area contributed by atoms with Gasteiger partial charge in [-0.05, 0) is 43.2 Å². The summed E-state index contributed by atoms with van der Waals surface area (Å²) >= 11 is 1.73. The normalized spacial score (nSPS) is 11.7. The van der Waals surface area contributed by atoms with Gasteiger partial charge < -0.3 is 0 Å². The minimum absolute atomic E-state index is 0.144. The van der Waals surface area contributed by atoms with Crippen LogP contribution in [0.15, 0.2) is 35.2 Å². The van der Waals surface area contributed by atoms with Crippen molar-refractivity contribution in [3.05, 3.63) is 40.1 Å². The topological polar surface area (TPSA) is 60.2 Å². The molecule has 90 valence electrons. The van der Waals surface area contributed by atoms with Crippen LogP contribution < -0.4 is 5.14 Å². The summed E-state index contributed by atoms with van der Waals surface area (Å²) in [4.78, 5) is 2.62. The molecule has 0 spiro atoms. The molecule has 0 saturated heterocycles. The fourth-order valence-electron chi connectivity index (χ4n) is 1.74. The van der Waals surface area contributed by atoms with Crippen LogP contribution in [0.3, 0.4) is 0 Å². The predicted molar refractivity (Wildman–Crippen MR) is 70.6 cm³/mol. The van der Waals surface area contributed by atoms with Crippen LogP contribution in [0.25, 0.3) is 11.1 Å². The first-order valence-corrected chi connectivity index (χ1v) is 7.44. The summed E-state index contributed by atoms with van der Waals surface area (Å²) in [5.41, 5.74) is 2.16. The molecule has 0 amide bonds. The van der Waals surface area contributed by atoms with E-state index in [1.165, 1.54) is 21.9 Å². The zero-order valence-corrected chi connectivity index (χ0v) is 11.2. The smallest absolute Gasteiger partial charge is 0.225 e. The van der Waals surface area contributed by atoms with Gasteiger partial charge in [0.2, 0.25) is 10.0 Å². The van der Waals surface area contributed by atoms with Crippen molar-refractivity contribution in [3.63, 3.8) is 0 Å². The molecule has 0 aliphatic rings. The third kappa shape index (κ3) is 2.57. The van der Waals surface area contributed by atoms with Gasteiger partial charge in [0.05, 0.1) is 4.90 Å². The second kappa shape index (κ2) is 4.25. The molecule has 5 heteroatoms. The molecule has 0 saturated carbocycles. The van der Waals surface area contributed by atoms with Crippen LogP contribution in [0, 0.1) is 13.8 Å². The second-order valence-corrected chi connectivity index (χ2v) is 6.92. The number of primary sulfonamides is 1. The van der Waals surface area contributed by atoms with Crippen molar-refractivity contribution in [2.24, 2.45) is 5.14 Å². The Balaban J connectivity index is 2.46. The monoisotopic (exact) mass is 267 g/mol. The number of benzene rings is 1. The lowest BCUT2D eigenvalue weighted by atomic mass is 10.1. The quantitative estimate of drug-likeness (QED) is 0.909. The second-order valence-electron chi connectivity index (χ2n) is 3.90. The summed E-state index contributed by atoms with van der Waals surface area (Å²) in [7, 11) is -3.60. The minimum atomic E-state index is -3.60. The van der Waals surface area contributed by atoms with Crippen molar-refractivity contribution in [3.8, 4) is 11.1 Å². The molecule has 0 bridgehead atoms. The Hall–Kier alpha value is -1.17. The molecule has 1 aromatic heterocycles. The molecular formula is C12H13NO2S2. The maximum Gasteiger partial charge on any atom is 0.238 e. The van der Waals surface area contributed by atoms with Gasteiger partial charge in [-0.2, -0.15) is 0 Å². The van der Waals surface area contributed by atoms with E-state index in [1.807, 2.05) is 0 Å². The van der Waals surface area contributed by atoms with Crippen LogP contribution in [-0.2, 0) is 10.0 Å². The average molecular weight is 267 g/mol. The van der Waals surface area contributed by atoms with Gasteiger partial charge in [0.15, 0.2) is 0 Å². The summed E-state index contributed by atoms with van der Waals surface area (Å²) in [6.07, 6.45) is 0. The maximum absolute atomic E-state index is 11.1. The van der Waals surface area contributed by atoms with Crippen molar-refractivity contribution >= 4 is 21.4 Å². The van der Waals surface area contributed by atoms with Gasteiger partial charge in [0, 0.05) is 9.75 Å². The van der Waals surface area contributed by atoms with Gasteiger partial charge in [-0.3, -0.25) is 0 Å². The fourth-order valence-corrected chi connectivity index (χ4v) is 3.20. The van der Waals surface area contributed by atoms with E-state index in [0.717, 1.165) is 11.1 Å². The number of hydrogen-bond acceptors (Lipinski definition) is 3. The van der Waals surface area contributed by atoms with Gasteiger partial charge in [0.1, 0.15) is 0 Å². The van der Waals surface area contributed by atoms with Crippen LogP contribution in [0.1, 0.15) is 9.75 Å². The molecule has 0 aliphatic carbocycles. The molecule has 0 unspecified atom stereocenters. The average Bonchev–Trinajstić information content (AvgIpc) is 2.57. The molecule has 1 heterocycles. The van der Waals surface area contributed by atoms with Crippen molar-refractivity contribution in [1.29, 1.82) is 0 Å². The molecule has 3 nitrogen and oxygen atoms in total. The SMILES string of the molecule is Cc1cc(-c2ccc(S(N)(=O)=O)cc2)c(C)s1. The highest BCUT2D eigenvalue weighted by molar-refractivity contribution is 7.89. The van der Waals surface area contributed by atoms with Gasteiger partial charge >= 0.3 is 0 Å². The van der Waals surface area contributed by atoms with E-state index in [0.29, 0.717) is 0 Å². The van der Waals surface area contributed by atoms with E-state index in [-0.39, 0.29) is 4.90 Å². The maximum atomic E-state index is 11.1. The van der Waals surface area contributed by atoms with Gasteiger partial charge in [-0.1, -0.05) is 12.1 Å². The fraction of sp³-hybridized carbons (Fsp3) is 0.167. The number of nitrogens with two attached hydrogens (primary N) is 1. The zero-order chi connectivity index (χ0) is 12.6. The molecule has 2 aromatic rings. The molecular weight excluding hydrogens is 254 g/mol. The van der Waals surface area contributed by atoms with E-state index in [9.17, 15) is 8.42 Å². The molecule has 1 aromatic carbocycles. The van der Waals surface area contributed by atoms with Crippen molar-refractivity contribution in [1.82, 2.24) is 0 Å². The van der Waals surface area contributed by atoms with E-state index in [1.54, 1.807) is 23.5 Å². The van der Waals surface area contributed by atoms with Crippen LogP contribution in [-0.4, -0.2) is 8.42 Å². The van der Waals surface area contributed by atoms with Crippen LogP contribution in [0.2, 0.25) is 0 Å². The Kier molecular flexibility index (Phi) is 3.07. The minimum Gasteiger partial charge on any atom is -0.225 e. The van der Waals surface area contributed by atoms with Gasteiger partial charge in [0.25, 0.3) is 0 Å². The highest BCUT2D eigenvalue weighted by atomic mass is 32.2. The lowest BCUT2D eigenvalue weighted by Gasteiger charge is -2.02. The van der Waals surface area contributed by atoms with E-state index < -0.39 is 10.0 Å². The molecule has 0 fully saturated rings. The van der Waals surface area contributed by atoms with Crippen molar-refractivity contribution in [2.45, 2.75) is 18.7 Å².